The van der Waals surface area contributed by atoms with E-state index in [1.165, 1.54) is 0 Å². The molecule has 7 nitrogen and oxygen atoms in total. The minimum atomic E-state index is -0.925. The van der Waals surface area contributed by atoms with Crippen LogP contribution in [0.3, 0.4) is 0 Å². The summed E-state index contributed by atoms with van der Waals surface area (Å²) in [6, 6.07) is 18.3. The molecule has 1 aromatic heterocycles. The number of para-hydroxylation sites is 1. The van der Waals surface area contributed by atoms with E-state index in [4.69, 9.17) is 19.1 Å². The maximum absolute atomic E-state index is 11.0. The van der Waals surface area contributed by atoms with Gasteiger partial charge in [-0.3, -0.25) is 0 Å². The Kier molecular flexibility index (Phi) is 5.59. The summed E-state index contributed by atoms with van der Waals surface area (Å²) < 4.78 is 16.5. The van der Waals surface area contributed by atoms with Crippen LogP contribution in [0.1, 0.15) is 27.4 Å². The summed E-state index contributed by atoms with van der Waals surface area (Å²) in [6.07, 6.45) is 0.676. The van der Waals surface area contributed by atoms with Gasteiger partial charge in [-0.1, -0.05) is 35.5 Å². The van der Waals surface area contributed by atoms with Crippen LogP contribution in [0.15, 0.2) is 65.2 Å². The largest absolute Gasteiger partial charge is 0.486 e. The lowest BCUT2D eigenvalue weighted by atomic mass is 9.91. The number of hydrogen-bond acceptors (Lipinski definition) is 6. The standard InChI is InChI=1S/C22H22N2O5/c25-21(26)17-8-6-16(7-9-17)12-23-22(14-27-15-22)11-18-10-20(29-24-18)13-28-19-4-2-1-3-5-19/h1-10,23H,11-15H2,(H,25,26). The van der Waals surface area contributed by atoms with Gasteiger partial charge in [-0.2, -0.15) is 0 Å². The molecule has 4 rings (SSSR count). The van der Waals surface area contributed by atoms with Crippen molar-refractivity contribution in [3.8, 4) is 5.75 Å². The molecule has 0 saturated carbocycles. The summed E-state index contributed by atoms with van der Waals surface area (Å²) in [5.74, 6) is 0.528. The number of rotatable bonds is 9. The van der Waals surface area contributed by atoms with Crippen molar-refractivity contribution in [1.29, 1.82) is 0 Å². The maximum atomic E-state index is 11.0. The molecule has 1 saturated heterocycles. The predicted molar refractivity (Wildman–Crippen MR) is 105 cm³/mol. The Hall–Kier alpha value is -3.16. The van der Waals surface area contributed by atoms with E-state index < -0.39 is 5.97 Å². The minimum Gasteiger partial charge on any atom is -0.486 e. The van der Waals surface area contributed by atoms with E-state index in [9.17, 15) is 4.79 Å². The van der Waals surface area contributed by atoms with Crippen molar-refractivity contribution in [1.82, 2.24) is 10.5 Å². The highest BCUT2D eigenvalue weighted by Gasteiger charge is 2.39. The highest BCUT2D eigenvalue weighted by atomic mass is 16.5. The van der Waals surface area contributed by atoms with Gasteiger partial charge in [-0.15, -0.1) is 0 Å². The molecule has 0 bridgehead atoms. The molecule has 7 heteroatoms. The number of nitrogens with zero attached hydrogens (tertiary/aromatic N) is 1. The lowest BCUT2D eigenvalue weighted by Crippen LogP contribution is -2.61. The summed E-state index contributed by atoms with van der Waals surface area (Å²) in [5.41, 5.74) is 1.93. The Morgan fingerprint density at radius 2 is 1.90 bits per heavy atom. The Labute approximate surface area is 168 Å². The SMILES string of the molecule is O=C(O)c1ccc(CNC2(Cc3cc(COc4ccccc4)on3)COC2)cc1. The molecule has 0 radical (unpaired) electrons. The fourth-order valence-electron chi connectivity index (χ4n) is 3.19. The van der Waals surface area contributed by atoms with Crippen molar-refractivity contribution in [2.75, 3.05) is 13.2 Å². The highest BCUT2D eigenvalue weighted by Crippen LogP contribution is 2.24. The van der Waals surface area contributed by atoms with E-state index in [1.54, 1.807) is 12.1 Å². The number of ether oxygens (including phenoxy) is 2. The summed E-state index contributed by atoms with van der Waals surface area (Å²) >= 11 is 0. The molecule has 0 aliphatic carbocycles. The van der Waals surface area contributed by atoms with Crippen LogP contribution in [-0.4, -0.2) is 35.0 Å². The zero-order valence-corrected chi connectivity index (χ0v) is 15.8. The second-order valence-corrected chi connectivity index (χ2v) is 7.19. The molecule has 2 aromatic carbocycles. The fourth-order valence-corrected chi connectivity index (χ4v) is 3.19. The molecule has 0 unspecified atom stereocenters. The third-order valence-electron chi connectivity index (χ3n) is 4.88. The average molecular weight is 394 g/mol. The van der Waals surface area contributed by atoms with Crippen molar-refractivity contribution in [3.05, 3.63) is 83.2 Å². The first-order valence-electron chi connectivity index (χ1n) is 9.39. The second kappa shape index (κ2) is 8.46. The highest BCUT2D eigenvalue weighted by molar-refractivity contribution is 5.87. The van der Waals surface area contributed by atoms with Crippen LogP contribution < -0.4 is 10.1 Å². The average Bonchev–Trinajstić information content (AvgIpc) is 3.17. The third kappa shape index (κ3) is 4.82. The van der Waals surface area contributed by atoms with Gasteiger partial charge < -0.3 is 24.4 Å². The molecular weight excluding hydrogens is 372 g/mol. The van der Waals surface area contributed by atoms with Crippen LogP contribution in [0.25, 0.3) is 0 Å². The van der Waals surface area contributed by atoms with E-state index in [1.807, 2.05) is 48.5 Å². The van der Waals surface area contributed by atoms with Crippen LogP contribution in [0.4, 0.5) is 0 Å². The van der Waals surface area contributed by atoms with Gasteiger partial charge in [0.1, 0.15) is 12.4 Å². The van der Waals surface area contributed by atoms with E-state index >= 15 is 0 Å². The van der Waals surface area contributed by atoms with Crippen molar-refractivity contribution in [2.45, 2.75) is 25.1 Å². The summed E-state index contributed by atoms with van der Waals surface area (Å²) in [5, 5.41) is 16.7. The lowest BCUT2D eigenvalue weighted by Gasteiger charge is -2.42. The normalized spacial score (nSPS) is 14.9. The zero-order valence-electron chi connectivity index (χ0n) is 15.8. The summed E-state index contributed by atoms with van der Waals surface area (Å²) in [4.78, 5) is 11.0. The molecule has 1 fully saturated rings. The third-order valence-corrected chi connectivity index (χ3v) is 4.88. The van der Waals surface area contributed by atoms with Gasteiger partial charge >= 0.3 is 5.97 Å². The fraction of sp³-hybridized carbons (Fsp3) is 0.273. The number of carboxylic acids is 1. The van der Waals surface area contributed by atoms with Crippen LogP contribution in [0, 0.1) is 0 Å². The molecule has 0 spiro atoms. The monoisotopic (exact) mass is 394 g/mol. The summed E-state index contributed by atoms with van der Waals surface area (Å²) in [6.45, 7) is 2.11. The quantitative estimate of drug-likeness (QED) is 0.576. The van der Waals surface area contributed by atoms with Gasteiger partial charge in [0.05, 0.1) is 30.0 Å². The molecule has 1 aliphatic rings. The second-order valence-electron chi connectivity index (χ2n) is 7.19. The smallest absolute Gasteiger partial charge is 0.335 e. The molecule has 3 aromatic rings. The van der Waals surface area contributed by atoms with Gasteiger partial charge in [0.2, 0.25) is 0 Å². The van der Waals surface area contributed by atoms with E-state index in [0.29, 0.717) is 38.5 Å². The predicted octanol–water partition coefficient (Wildman–Crippen LogP) is 3.05. The van der Waals surface area contributed by atoms with Gasteiger partial charge in [-0.05, 0) is 29.8 Å². The number of benzene rings is 2. The maximum Gasteiger partial charge on any atom is 0.335 e. The molecule has 2 N–H and O–H groups in total. The van der Waals surface area contributed by atoms with Crippen LogP contribution in [-0.2, 0) is 24.3 Å². The van der Waals surface area contributed by atoms with Gasteiger partial charge in [-0.25, -0.2) is 4.79 Å². The van der Waals surface area contributed by atoms with Crippen LogP contribution in [0.5, 0.6) is 5.75 Å². The van der Waals surface area contributed by atoms with Crippen molar-refractivity contribution in [2.24, 2.45) is 0 Å². The Balaban J connectivity index is 1.32. The van der Waals surface area contributed by atoms with E-state index in [2.05, 4.69) is 10.5 Å². The summed E-state index contributed by atoms with van der Waals surface area (Å²) in [7, 11) is 0. The molecular formula is C22H22N2O5. The van der Waals surface area contributed by atoms with Crippen molar-refractivity contribution >= 4 is 5.97 Å². The number of carbonyl (C=O) groups is 1. The van der Waals surface area contributed by atoms with E-state index in [-0.39, 0.29) is 11.1 Å². The number of nitrogens with one attached hydrogen (secondary N) is 1. The van der Waals surface area contributed by atoms with Gasteiger partial charge in [0.15, 0.2) is 5.76 Å². The van der Waals surface area contributed by atoms with Crippen molar-refractivity contribution < 1.29 is 23.9 Å². The van der Waals surface area contributed by atoms with Gasteiger partial charge in [0.25, 0.3) is 0 Å². The van der Waals surface area contributed by atoms with E-state index in [0.717, 1.165) is 17.0 Å². The number of aromatic nitrogens is 1. The Morgan fingerprint density at radius 1 is 1.14 bits per heavy atom. The molecule has 0 amide bonds. The lowest BCUT2D eigenvalue weighted by molar-refractivity contribution is -0.0755. The molecule has 1 aliphatic heterocycles. The number of aromatic carboxylic acids is 1. The number of carboxylic acid groups (broad SMARTS) is 1. The number of hydrogen-bond donors (Lipinski definition) is 2. The Morgan fingerprint density at radius 3 is 2.55 bits per heavy atom. The molecule has 0 atom stereocenters. The first-order chi connectivity index (χ1) is 14.1. The molecule has 29 heavy (non-hydrogen) atoms. The topological polar surface area (TPSA) is 93.8 Å². The first kappa shape index (κ1) is 19.2. The van der Waals surface area contributed by atoms with Crippen LogP contribution in [0.2, 0.25) is 0 Å². The molecule has 150 valence electrons. The zero-order chi connectivity index (χ0) is 20.1. The molecule has 2 heterocycles. The van der Waals surface area contributed by atoms with Crippen molar-refractivity contribution in [3.63, 3.8) is 0 Å². The van der Waals surface area contributed by atoms with Crippen LogP contribution >= 0.6 is 0 Å². The Bertz CT molecular complexity index is 949. The minimum absolute atomic E-state index is 0.208. The first-order valence-corrected chi connectivity index (χ1v) is 9.39. The van der Waals surface area contributed by atoms with Gasteiger partial charge in [0, 0.05) is 19.0 Å².